The van der Waals surface area contributed by atoms with Crippen LogP contribution in [-0.2, 0) is 34.0 Å². The van der Waals surface area contributed by atoms with Crippen molar-refractivity contribution in [3.05, 3.63) is 118 Å². The molecule has 3 aliphatic carbocycles. The summed E-state index contributed by atoms with van der Waals surface area (Å²) < 4.78 is 12.4. The molecule has 1 amide bonds. The number of amides is 1. The molecule has 4 atom stereocenters. The number of nitrogens with zero attached hydrogens (tertiary/aromatic N) is 2. The van der Waals surface area contributed by atoms with Crippen LogP contribution in [0.4, 0.5) is 5.69 Å². The van der Waals surface area contributed by atoms with Crippen LogP contribution < -0.4 is 15.4 Å². The van der Waals surface area contributed by atoms with E-state index in [1.807, 2.05) is 85.7 Å². The highest BCUT2D eigenvalue weighted by molar-refractivity contribution is 6.25. The van der Waals surface area contributed by atoms with Gasteiger partial charge in [0, 0.05) is 31.3 Å². The third kappa shape index (κ3) is 5.37. The van der Waals surface area contributed by atoms with Crippen molar-refractivity contribution in [1.29, 1.82) is 0 Å². The summed E-state index contributed by atoms with van der Waals surface area (Å²) in [6.45, 7) is 0.264. The summed E-state index contributed by atoms with van der Waals surface area (Å²) in [6.07, 6.45) is 0.506. The minimum Gasteiger partial charge on any atom is -0.508 e. The Labute approximate surface area is 273 Å². The lowest BCUT2D eigenvalue weighted by molar-refractivity contribution is -0.149. The number of aliphatic hydroxyl groups is 2. The van der Waals surface area contributed by atoms with E-state index < -0.39 is 52.3 Å². The maximum absolute atomic E-state index is 14.5. The van der Waals surface area contributed by atoms with Crippen molar-refractivity contribution < 1.29 is 34.1 Å². The van der Waals surface area contributed by atoms with Crippen LogP contribution in [0.25, 0.3) is 0 Å². The summed E-state index contributed by atoms with van der Waals surface area (Å²) in [7, 11) is 7.26. The maximum atomic E-state index is 14.5. The summed E-state index contributed by atoms with van der Waals surface area (Å²) in [5.41, 5.74) is 6.17. The number of nitrogens with two attached hydrogens (primary N) is 1. The SMILES string of the molecule is CN(C)c1ccc(OCc2ccccc2)c2c1CC1CC3C(N(C)C)C(OCc4ccccc4)=C(C(N)=O)C(=O)C3(O)C(O)=C1C2=O. The van der Waals surface area contributed by atoms with Crippen molar-refractivity contribution >= 4 is 23.2 Å². The lowest BCUT2D eigenvalue weighted by atomic mass is 9.58. The van der Waals surface area contributed by atoms with E-state index in [0.717, 1.165) is 22.4 Å². The molecule has 0 radical (unpaired) electrons. The topological polar surface area (TPSA) is 143 Å². The number of aliphatic hydroxyl groups excluding tert-OH is 1. The summed E-state index contributed by atoms with van der Waals surface area (Å²) in [4.78, 5) is 45.2. The Balaban J connectivity index is 1.46. The Morgan fingerprint density at radius 2 is 1.51 bits per heavy atom. The Morgan fingerprint density at radius 3 is 2.06 bits per heavy atom. The van der Waals surface area contributed by atoms with Gasteiger partial charge in [-0.15, -0.1) is 0 Å². The van der Waals surface area contributed by atoms with E-state index in [1.54, 1.807) is 25.1 Å². The lowest BCUT2D eigenvalue weighted by Crippen LogP contribution is -2.64. The van der Waals surface area contributed by atoms with Crippen molar-refractivity contribution in [2.75, 3.05) is 33.1 Å². The first-order valence-corrected chi connectivity index (χ1v) is 15.6. The quantitative estimate of drug-likeness (QED) is 0.299. The second-order valence-electron chi connectivity index (χ2n) is 12.8. The Morgan fingerprint density at radius 1 is 0.915 bits per heavy atom. The number of fused-ring (bicyclic) bond motifs is 3. The molecule has 0 saturated heterocycles. The predicted octanol–water partition coefficient (Wildman–Crippen LogP) is 3.72. The fourth-order valence-corrected chi connectivity index (χ4v) is 7.36. The standard InChI is InChI=1S/C37H39N3O7/c1-39(2)26-15-16-27(46-19-21-11-7-5-8-12-21)29-24(26)17-23-18-25-31(40(3)4)33(47-20-22-13-9-6-10-14-22)30(36(38)44)35(43)37(25,45)34(42)28(23)32(29)41/h5-16,23,25,31,42,45H,17-20H2,1-4H3,(H2,38,44). The number of benzene rings is 3. The molecular formula is C37H39N3O7. The van der Waals surface area contributed by atoms with Gasteiger partial charge in [-0.1, -0.05) is 60.7 Å². The molecule has 4 unspecified atom stereocenters. The molecular weight excluding hydrogens is 598 g/mol. The smallest absolute Gasteiger partial charge is 0.255 e. The highest BCUT2D eigenvalue weighted by Crippen LogP contribution is 2.53. The third-order valence-corrected chi connectivity index (χ3v) is 9.50. The Hall–Kier alpha value is -4.93. The molecule has 0 saturated carbocycles. The van der Waals surface area contributed by atoms with Crippen molar-refractivity contribution in [3.63, 3.8) is 0 Å². The van der Waals surface area contributed by atoms with Crippen LogP contribution in [0.3, 0.4) is 0 Å². The zero-order valence-electron chi connectivity index (χ0n) is 26.9. The van der Waals surface area contributed by atoms with Gasteiger partial charge >= 0.3 is 0 Å². The van der Waals surface area contributed by atoms with Crippen molar-refractivity contribution in [1.82, 2.24) is 4.90 Å². The van der Waals surface area contributed by atoms with Gasteiger partial charge in [-0.05, 0) is 61.7 Å². The summed E-state index contributed by atoms with van der Waals surface area (Å²) in [6, 6.07) is 21.6. The van der Waals surface area contributed by atoms with Gasteiger partial charge in [0.25, 0.3) is 5.91 Å². The normalized spacial score (nSPS) is 23.7. The fraction of sp³-hybridized carbons (Fsp3) is 0.324. The maximum Gasteiger partial charge on any atom is 0.255 e. The van der Waals surface area contributed by atoms with E-state index in [0.29, 0.717) is 12.2 Å². The lowest BCUT2D eigenvalue weighted by Gasteiger charge is -2.51. The van der Waals surface area contributed by atoms with Crippen molar-refractivity contribution in [2.24, 2.45) is 17.6 Å². The number of hydrogen-bond acceptors (Lipinski definition) is 9. The van der Waals surface area contributed by atoms with Crippen LogP contribution in [0.2, 0.25) is 0 Å². The molecule has 0 heterocycles. The van der Waals surface area contributed by atoms with Crippen LogP contribution in [0, 0.1) is 11.8 Å². The van der Waals surface area contributed by atoms with Gasteiger partial charge in [0.05, 0.1) is 11.6 Å². The van der Waals surface area contributed by atoms with Gasteiger partial charge in [-0.2, -0.15) is 0 Å². The average Bonchev–Trinajstić information content (AvgIpc) is 3.04. The number of hydrogen-bond donors (Lipinski definition) is 3. The second kappa shape index (κ2) is 12.4. The molecule has 0 bridgehead atoms. The van der Waals surface area contributed by atoms with Gasteiger partial charge in [0.15, 0.2) is 11.4 Å². The summed E-state index contributed by atoms with van der Waals surface area (Å²) >= 11 is 0. The molecule has 244 valence electrons. The third-order valence-electron chi connectivity index (χ3n) is 9.50. The molecule has 4 N–H and O–H groups in total. The van der Waals surface area contributed by atoms with Crippen LogP contribution >= 0.6 is 0 Å². The average molecular weight is 638 g/mol. The van der Waals surface area contributed by atoms with Gasteiger partial charge in [-0.3, -0.25) is 19.3 Å². The van der Waals surface area contributed by atoms with Crippen LogP contribution in [-0.4, -0.2) is 72.4 Å². The molecule has 10 nitrogen and oxygen atoms in total. The van der Waals surface area contributed by atoms with E-state index in [4.69, 9.17) is 15.2 Å². The number of ether oxygens (including phenoxy) is 2. The number of carbonyl (C=O) groups excluding carboxylic acids is 3. The van der Waals surface area contributed by atoms with Gasteiger partial charge in [0.2, 0.25) is 5.78 Å². The molecule has 0 fully saturated rings. The molecule has 10 heteroatoms. The minimum absolute atomic E-state index is 0.0374. The number of allylic oxidation sites excluding steroid dienone is 1. The van der Waals surface area contributed by atoms with E-state index in [-0.39, 0.29) is 36.5 Å². The first-order chi connectivity index (χ1) is 22.4. The zero-order valence-corrected chi connectivity index (χ0v) is 26.9. The monoisotopic (exact) mass is 637 g/mol. The van der Waals surface area contributed by atoms with Gasteiger partial charge in [-0.25, -0.2) is 0 Å². The molecule has 3 aromatic rings. The number of primary amides is 1. The minimum atomic E-state index is -2.58. The largest absolute Gasteiger partial charge is 0.508 e. The first-order valence-electron chi connectivity index (χ1n) is 15.6. The van der Waals surface area contributed by atoms with Crippen molar-refractivity contribution in [3.8, 4) is 5.75 Å². The highest BCUT2D eigenvalue weighted by Gasteiger charge is 2.63. The van der Waals surface area contributed by atoms with Crippen molar-refractivity contribution in [2.45, 2.75) is 37.7 Å². The van der Waals surface area contributed by atoms with E-state index in [1.165, 1.54) is 0 Å². The molecule has 3 aromatic carbocycles. The number of anilines is 1. The molecule has 0 spiro atoms. The molecule has 0 aromatic heterocycles. The zero-order chi connectivity index (χ0) is 33.6. The van der Waals surface area contributed by atoms with E-state index in [2.05, 4.69) is 0 Å². The number of carbonyl (C=O) groups is 3. The van der Waals surface area contributed by atoms with Crippen LogP contribution in [0.15, 0.2) is 95.5 Å². The van der Waals surface area contributed by atoms with E-state index in [9.17, 15) is 24.6 Å². The highest BCUT2D eigenvalue weighted by atomic mass is 16.5. The van der Waals surface area contributed by atoms with Crippen LogP contribution in [0.1, 0.15) is 33.5 Å². The molecule has 6 rings (SSSR count). The number of ketones is 2. The second-order valence-corrected chi connectivity index (χ2v) is 12.8. The number of rotatable bonds is 9. The van der Waals surface area contributed by atoms with Crippen LogP contribution in [0.5, 0.6) is 5.75 Å². The van der Waals surface area contributed by atoms with E-state index >= 15 is 0 Å². The Bertz CT molecular complexity index is 1800. The number of likely N-dealkylation sites (N-methyl/N-ethyl adjacent to an activating group) is 1. The fourth-order valence-electron chi connectivity index (χ4n) is 7.36. The van der Waals surface area contributed by atoms with Gasteiger partial charge in [0.1, 0.15) is 36.1 Å². The summed E-state index contributed by atoms with van der Waals surface area (Å²) in [5.74, 6) is -4.58. The molecule has 47 heavy (non-hydrogen) atoms. The number of Topliss-reactive ketones (excluding diaryl/α,β-unsaturated/α-hetero) is 2. The first kappa shape index (κ1) is 32.0. The predicted molar refractivity (Wildman–Crippen MR) is 176 cm³/mol. The summed E-state index contributed by atoms with van der Waals surface area (Å²) in [5, 5.41) is 24.2. The van der Waals surface area contributed by atoms with Gasteiger partial charge < -0.3 is 30.3 Å². The molecule has 3 aliphatic rings. The molecule has 0 aliphatic heterocycles. The Kier molecular flexibility index (Phi) is 8.42.